The fraction of sp³-hybridized carbons (Fsp3) is 0.667. The Morgan fingerprint density at radius 3 is 2.10 bits per heavy atom. The molecule has 1 N–H and O–H groups in total. The molecule has 2 heteroatoms. The Morgan fingerprint density at radius 1 is 1.10 bits per heavy atom. The molecule has 0 fully saturated rings. The van der Waals surface area contributed by atoms with Gasteiger partial charge in [-0.1, -0.05) is 31.5 Å². The molecule has 2 unspecified atom stereocenters. The minimum absolute atomic E-state index is 0.416. The summed E-state index contributed by atoms with van der Waals surface area (Å²) in [5, 5.41) is 3.67. The van der Waals surface area contributed by atoms with E-state index in [1.807, 2.05) is 0 Å². The summed E-state index contributed by atoms with van der Waals surface area (Å²) in [6.45, 7) is 15.5. The van der Waals surface area contributed by atoms with Gasteiger partial charge in [0.2, 0.25) is 0 Å². The molecular formula is C18H32N2. The van der Waals surface area contributed by atoms with Crippen molar-refractivity contribution in [2.24, 2.45) is 0 Å². The molecule has 0 saturated heterocycles. The first kappa shape index (κ1) is 17.2. The minimum Gasteiger partial charge on any atom is -0.309 e. The molecule has 0 spiro atoms. The molecule has 114 valence electrons. The van der Waals surface area contributed by atoms with Gasteiger partial charge in [-0.25, -0.2) is 0 Å². The predicted molar refractivity (Wildman–Crippen MR) is 89.5 cm³/mol. The van der Waals surface area contributed by atoms with Crippen molar-refractivity contribution < 1.29 is 0 Å². The minimum atomic E-state index is 0.416. The van der Waals surface area contributed by atoms with Gasteiger partial charge in [-0.2, -0.15) is 0 Å². The van der Waals surface area contributed by atoms with E-state index in [0.29, 0.717) is 12.1 Å². The zero-order chi connectivity index (χ0) is 15.3. The van der Waals surface area contributed by atoms with Crippen molar-refractivity contribution >= 4 is 0 Å². The zero-order valence-electron chi connectivity index (χ0n) is 14.4. The molecule has 2 atom stereocenters. The molecule has 1 rings (SSSR count). The van der Waals surface area contributed by atoms with Crippen LogP contribution in [-0.4, -0.2) is 31.1 Å². The van der Waals surface area contributed by atoms with Crippen molar-refractivity contribution in [1.29, 1.82) is 0 Å². The summed E-state index contributed by atoms with van der Waals surface area (Å²) in [5.74, 6) is 0. The molecule has 1 aromatic carbocycles. The van der Waals surface area contributed by atoms with Crippen LogP contribution in [0.4, 0.5) is 0 Å². The van der Waals surface area contributed by atoms with Gasteiger partial charge >= 0.3 is 0 Å². The third-order valence-electron chi connectivity index (χ3n) is 4.35. The number of benzene rings is 1. The van der Waals surface area contributed by atoms with Crippen molar-refractivity contribution in [1.82, 2.24) is 10.2 Å². The maximum atomic E-state index is 3.67. The van der Waals surface area contributed by atoms with E-state index < -0.39 is 0 Å². The quantitative estimate of drug-likeness (QED) is 0.810. The highest BCUT2D eigenvalue weighted by Crippen LogP contribution is 2.25. The molecule has 0 aliphatic rings. The lowest BCUT2D eigenvalue weighted by Crippen LogP contribution is -2.38. The van der Waals surface area contributed by atoms with Crippen LogP contribution in [0.5, 0.6) is 0 Å². The van der Waals surface area contributed by atoms with Gasteiger partial charge in [0.05, 0.1) is 0 Å². The highest BCUT2D eigenvalue weighted by Gasteiger charge is 2.19. The van der Waals surface area contributed by atoms with Crippen LogP contribution in [0.2, 0.25) is 0 Å². The standard InChI is InChI=1S/C18H32N2/c1-8-16(6)20(7)12-17(19-9-2)18-14(4)10-13(3)11-15(18)5/h10-11,16-17,19H,8-9,12H2,1-7H3. The average molecular weight is 276 g/mol. The SMILES string of the molecule is CCNC(CN(C)C(C)CC)c1c(C)cc(C)cc1C. The largest absolute Gasteiger partial charge is 0.309 e. The van der Waals surface area contributed by atoms with E-state index in [1.54, 1.807) is 0 Å². The Hall–Kier alpha value is -0.860. The van der Waals surface area contributed by atoms with Gasteiger partial charge < -0.3 is 10.2 Å². The fourth-order valence-corrected chi connectivity index (χ4v) is 3.02. The molecule has 0 aliphatic carbocycles. The third kappa shape index (κ3) is 4.32. The van der Waals surface area contributed by atoms with Gasteiger partial charge in [-0.3, -0.25) is 0 Å². The number of likely N-dealkylation sites (N-methyl/N-ethyl adjacent to an activating group) is 2. The molecule has 1 aromatic rings. The number of nitrogens with one attached hydrogen (secondary N) is 1. The summed E-state index contributed by atoms with van der Waals surface area (Å²) in [7, 11) is 2.23. The Kier molecular flexibility index (Phi) is 6.70. The van der Waals surface area contributed by atoms with E-state index >= 15 is 0 Å². The summed E-state index contributed by atoms with van der Waals surface area (Å²) < 4.78 is 0. The number of hydrogen-bond acceptors (Lipinski definition) is 2. The first-order valence-corrected chi connectivity index (χ1v) is 7.92. The normalized spacial score (nSPS) is 14.6. The molecule has 0 radical (unpaired) electrons. The molecule has 20 heavy (non-hydrogen) atoms. The Bertz CT molecular complexity index is 402. The molecule has 0 amide bonds. The highest BCUT2D eigenvalue weighted by molar-refractivity contribution is 5.39. The molecule has 0 saturated carbocycles. The number of rotatable bonds is 7. The fourth-order valence-electron chi connectivity index (χ4n) is 3.02. The van der Waals surface area contributed by atoms with Crippen molar-refractivity contribution in [3.8, 4) is 0 Å². The molecule has 0 bridgehead atoms. The first-order chi connectivity index (χ1) is 9.40. The lowest BCUT2D eigenvalue weighted by Gasteiger charge is -2.31. The summed E-state index contributed by atoms with van der Waals surface area (Å²) in [6, 6.07) is 5.65. The van der Waals surface area contributed by atoms with Crippen LogP contribution in [0.1, 0.15) is 55.5 Å². The van der Waals surface area contributed by atoms with E-state index in [9.17, 15) is 0 Å². The maximum Gasteiger partial charge on any atom is 0.0454 e. The van der Waals surface area contributed by atoms with Crippen LogP contribution in [0.3, 0.4) is 0 Å². The number of hydrogen-bond donors (Lipinski definition) is 1. The van der Waals surface area contributed by atoms with Crippen molar-refractivity contribution in [2.45, 2.75) is 60.0 Å². The lowest BCUT2D eigenvalue weighted by molar-refractivity contribution is 0.225. The monoisotopic (exact) mass is 276 g/mol. The van der Waals surface area contributed by atoms with Gasteiger partial charge in [0, 0.05) is 18.6 Å². The van der Waals surface area contributed by atoms with Gasteiger partial charge in [0.25, 0.3) is 0 Å². The van der Waals surface area contributed by atoms with Crippen molar-refractivity contribution in [3.05, 3.63) is 34.4 Å². The molecule has 0 aromatic heterocycles. The van der Waals surface area contributed by atoms with Crippen molar-refractivity contribution in [3.63, 3.8) is 0 Å². The van der Waals surface area contributed by atoms with E-state index in [1.165, 1.54) is 28.7 Å². The van der Waals surface area contributed by atoms with Gasteiger partial charge in [-0.15, -0.1) is 0 Å². The van der Waals surface area contributed by atoms with Crippen LogP contribution in [0.25, 0.3) is 0 Å². The Labute approximate surface area is 125 Å². The number of nitrogens with zero attached hydrogens (tertiary/aromatic N) is 1. The van der Waals surface area contributed by atoms with Crippen LogP contribution in [-0.2, 0) is 0 Å². The van der Waals surface area contributed by atoms with Crippen molar-refractivity contribution in [2.75, 3.05) is 20.1 Å². The first-order valence-electron chi connectivity index (χ1n) is 7.92. The van der Waals surface area contributed by atoms with Gasteiger partial charge in [0.15, 0.2) is 0 Å². The van der Waals surface area contributed by atoms with Crippen LogP contribution >= 0.6 is 0 Å². The van der Waals surface area contributed by atoms with Crippen LogP contribution in [0.15, 0.2) is 12.1 Å². The predicted octanol–water partition coefficient (Wildman–Crippen LogP) is 3.99. The second-order valence-corrected chi connectivity index (χ2v) is 6.12. The van der Waals surface area contributed by atoms with E-state index in [-0.39, 0.29) is 0 Å². The molecule has 2 nitrogen and oxygen atoms in total. The Morgan fingerprint density at radius 2 is 1.65 bits per heavy atom. The highest BCUT2D eigenvalue weighted by atomic mass is 15.1. The third-order valence-corrected chi connectivity index (χ3v) is 4.35. The molecule has 0 heterocycles. The smallest absolute Gasteiger partial charge is 0.0454 e. The van der Waals surface area contributed by atoms with Gasteiger partial charge in [0.1, 0.15) is 0 Å². The number of aryl methyl sites for hydroxylation is 3. The van der Waals surface area contributed by atoms with E-state index in [2.05, 4.69) is 70.9 Å². The summed E-state index contributed by atoms with van der Waals surface area (Å²) in [4.78, 5) is 2.46. The second kappa shape index (κ2) is 7.80. The van der Waals surface area contributed by atoms with E-state index in [4.69, 9.17) is 0 Å². The summed E-state index contributed by atoms with van der Waals surface area (Å²) >= 11 is 0. The second-order valence-electron chi connectivity index (χ2n) is 6.12. The zero-order valence-corrected chi connectivity index (χ0v) is 14.4. The Balaban J connectivity index is 3.02. The van der Waals surface area contributed by atoms with Crippen LogP contribution < -0.4 is 5.32 Å². The average Bonchev–Trinajstić information content (AvgIpc) is 2.36. The maximum absolute atomic E-state index is 3.67. The van der Waals surface area contributed by atoms with Gasteiger partial charge in [-0.05, 0) is 64.4 Å². The topological polar surface area (TPSA) is 15.3 Å². The summed E-state index contributed by atoms with van der Waals surface area (Å²) in [5.41, 5.74) is 5.65. The van der Waals surface area contributed by atoms with E-state index in [0.717, 1.165) is 13.1 Å². The lowest BCUT2D eigenvalue weighted by atomic mass is 9.93. The molecule has 0 aliphatic heterocycles. The summed E-state index contributed by atoms with van der Waals surface area (Å²) in [6.07, 6.45) is 1.20. The molecular weight excluding hydrogens is 244 g/mol. The van der Waals surface area contributed by atoms with Crippen LogP contribution in [0, 0.1) is 20.8 Å².